The van der Waals surface area contributed by atoms with Gasteiger partial charge >= 0.3 is 0 Å². The number of carbonyl (C=O) groups is 1. The molecule has 0 atom stereocenters. The zero-order valence-electron chi connectivity index (χ0n) is 16.1. The first-order chi connectivity index (χ1) is 13.0. The summed E-state index contributed by atoms with van der Waals surface area (Å²) in [4.78, 5) is 18.0. The Hall–Kier alpha value is -1.20. The van der Waals surface area contributed by atoms with E-state index in [1.54, 1.807) is 37.0 Å². The molecular formula is C18H24BrN3O4S2. The van der Waals surface area contributed by atoms with Gasteiger partial charge in [-0.05, 0) is 61.0 Å². The van der Waals surface area contributed by atoms with Crippen LogP contribution in [0.3, 0.4) is 0 Å². The van der Waals surface area contributed by atoms with Gasteiger partial charge in [0.1, 0.15) is 0 Å². The van der Waals surface area contributed by atoms with Crippen LogP contribution in [0, 0.1) is 0 Å². The van der Waals surface area contributed by atoms with Gasteiger partial charge in [0.15, 0.2) is 5.76 Å². The van der Waals surface area contributed by atoms with E-state index in [1.807, 2.05) is 6.07 Å². The molecule has 1 saturated heterocycles. The van der Waals surface area contributed by atoms with Crippen LogP contribution in [0.25, 0.3) is 0 Å². The van der Waals surface area contributed by atoms with Crippen molar-refractivity contribution in [3.63, 3.8) is 0 Å². The number of sulfonamides is 1. The van der Waals surface area contributed by atoms with Crippen LogP contribution in [-0.4, -0.2) is 55.8 Å². The lowest BCUT2D eigenvalue weighted by molar-refractivity contribution is 0.0593. The maximum Gasteiger partial charge on any atom is 0.289 e. The highest BCUT2D eigenvalue weighted by molar-refractivity contribution is 9.11. The van der Waals surface area contributed by atoms with Crippen LogP contribution in [0.4, 0.5) is 0 Å². The van der Waals surface area contributed by atoms with Crippen LogP contribution in [0.2, 0.25) is 0 Å². The third-order valence-corrected chi connectivity index (χ3v) is 7.40. The van der Waals surface area contributed by atoms with Gasteiger partial charge in [-0.3, -0.25) is 9.69 Å². The zero-order chi connectivity index (χ0) is 20.5. The molecule has 3 heterocycles. The van der Waals surface area contributed by atoms with Gasteiger partial charge in [0, 0.05) is 43.1 Å². The second kappa shape index (κ2) is 8.27. The van der Waals surface area contributed by atoms with Gasteiger partial charge < -0.3 is 9.32 Å². The number of hydrogen-bond donors (Lipinski definition) is 1. The maximum atomic E-state index is 12.7. The number of furan rings is 1. The molecule has 154 valence electrons. The summed E-state index contributed by atoms with van der Waals surface area (Å²) in [5, 5.41) is -0.243. The second-order valence-corrected chi connectivity index (χ2v) is 11.9. The Labute approximate surface area is 177 Å². The van der Waals surface area contributed by atoms with E-state index in [0.717, 1.165) is 23.4 Å². The van der Waals surface area contributed by atoms with E-state index in [4.69, 9.17) is 4.42 Å². The number of nitrogens with one attached hydrogen (secondary N) is 1. The summed E-state index contributed by atoms with van der Waals surface area (Å²) < 4.78 is 33.7. The number of piperazine rings is 1. The molecule has 1 fully saturated rings. The fourth-order valence-corrected chi connectivity index (χ4v) is 5.83. The average Bonchev–Trinajstić information content (AvgIpc) is 3.22. The predicted molar refractivity (Wildman–Crippen MR) is 112 cm³/mol. The van der Waals surface area contributed by atoms with E-state index in [1.165, 1.54) is 17.0 Å². The number of amides is 1. The Kier molecular flexibility index (Phi) is 6.35. The number of nitrogens with zero attached hydrogens (tertiary/aromatic N) is 2. The Bertz CT molecular complexity index is 938. The molecule has 1 aliphatic rings. The molecule has 0 unspecified atom stereocenters. The SMILES string of the molecule is CC(C)(C)NS(=O)(=O)c1ccc(C(=O)N2CCN(Cc3ccc(Br)s3)CC2)o1. The summed E-state index contributed by atoms with van der Waals surface area (Å²) in [6, 6.07) is 6.89. The highest BCUT2D eigenvalue weighted by atomic mass is 79.9. The molecule has 0 saturated carbocycles. The van der Waals surface area contributed by atoms with Crippen molar-refractivity contribution in [1.82, 2.24) is 14.5 Å². The Morgan fingerprint density at radius 2 is 1.86 bits per heavy atom. The highest BCUT2D eigenvalue weighted by Crippen LogP contribution is 2.24. The summed E-state index contributed by atoms with van der Waals surface area (Å²) in [6.45, 7) is 8.77. The van der Waals surface area contributed by atoms with E-state index in [-0.39, 0.29) is 16.8 Å². The van der Waals surface area contributed by atoms with Crippen molar-refractivity contribution in [2.45, 2.75) is 37.9 Å². The average molecular weight is 490 g/mol. The molecule has 3 rings (SSSR count). The molecule has 0 radical (unpaired) electrons. The van der Waals surface area contributed by atoms with Crippen molar-refractivity contribution >= 4 is 43.2 Å². The molecule has 1 N–H and O–H groups in total. The molecule has 2 aromatic rings. The summed E-state index contributed by atoms with van der Waals surface area (Å²) in [5.41, 5.74) is -0.635. The smallest absolute Gasteiger partial charge is 0.289 e. The fraction of sp³-hybridized carbons (Fsp3) is 0.500. The van der Waals surface area contributed by atoms with Crippen LogP contribution >= 0.6 is 27.3 Å². The summed E-state index contributed by atoms with van der Waals surface area (Å²) in [5.74, 6) is -0.236. The lowest BCUT2D eigenvalue weighted by Gasteiger charge is -2.34. The van der Waals surface area contributed by atoms with E-state index in [9.17, 15) is 13.2 Å². The molecule has 0 aliphatic carbocycles. The first kappa shape index (κ1) is 21.5. The molecule has 1 aliphatic heterocycles. The van der Waals surface area contributed by atoms with E-state index in [0.29, 0.717) is 13.1 Å². The molecule has 7 nitrogen and oxygen atoms in total. The Morgan fingerprint density at radius 3 is 2.43 bits per heavy atom. The van der Waals surface area contributed by atoms with Gasteiger partial charge in [-0.2, -0.15) is 0 Å². The minimum Gasteiger partial charge on any atom is -0.438 e. The van der Waals surface area contributed by atoms with Gasteiger partial charge in [0.05, 0.1) is 3.79 Å². The van der Waals surface area contributed by atoms with E-state index < -0.39 is 15.6 Å². The summed E-state index contributed by atoms with van der Waals surface area (Å²) in [6.07, 6.45) is 0. The van der Waals surface area contributed by atoms with Gasteiger partial charge in [-0.1, -0.05) is 0 Å². The van der Waals surface area contributed by atoms with Crippen molar-refractivity contribution < 1.29 is 17.6 Å². The molecule has 0 aromatic carbocycles. The van der Waals surface area contributed by atoms with Crippen LogP contribution in [0.5, 0.6) is 0 Å². The topological polar surface area (TPSA) is 82.9 Å². The minimum absolute atomic E-state index is 0.0462. The van der Waals surface area contributed by atoms with Gasteiger partial charge in [-0.25, -0.2) is 13.1 Å². The van der Waals surface area contributed by atoms with Crippen molar-refractivity contribution in [3.8, 4) is 0 Å². The normalized spacial score (nSPS) is 16.5. The minimum atomic E-state index is -3.80. The van der Waals surface area contributed by atoms with E-state index in [2.05, 4.69) is 31.6 Å². The molecule has 0 bridgehead atoms. The lowest BCUT2D eigenvalue weighted by atomic mass is 10.1. The van der Waals surface area contributed by atoms with Gasteiger partial charge in [-0.15, -0.1) is 11.3 Å². The molecule has 1 amide bonds. The summed E-state index contributed by atoms with van der Waals surface area (Å²) in [7, 11) is -3.80. The molecule has 28 heavy (non-hydrogen) atoms. The molecule has 2 aromatic heterocycles. The fourth-order valence-electron chi connectivity index (χ4n) is 2.95. The number of carbonyl (C=O) groups excluding carboxylic acids is 1. The second-order valence-electron chi connectivity index (χ2n) is 7.75. The van der Waals surface area contributed by atoms with Crippen molar-refractivity contribution in [2.24, 2.45) is 0 Å². The largest absolute Gasteiger partial charge is 0.438 e. The molecule has 0 spiro atoms. The van der Waals surface area contributed by atoms with Crippen molar-refractivity contribution in [3.05, 3.63) is 38.7 Å². The monoisotopic (exact) mass is 489 g/mol. The van der Waals surface area contributed by atoms with Crippen molar-refractivity contribution in [2.75, 3.05) is 26.2 Å². The number of hydrogen-bond acceptors (Lipinski definition) is 6. The summed E-state index contributed by atoms with van der Waals surface area (Å²) >= 11 is 5.18. The highest BCUT2D eigenvalue weighted by Gasteiger charge is 2.29. The Balaban J connectivity index is 1.59. The van der Waals surface area contributed by atoms with Crippen LogP contribution in [0.1, 0.15) is 36.2 Å². The third kappa shape index (κ3) is 5.44. The zero-order valence-corrected chi connectivity index (χ0v) is 19.3. The molecular weight excluding hydrogens is 466 g/mol. The van der Waals surface area contributed by atoms with Crippen LogP contribution in [-0.2, 0) is 16.6 Å². The number of thiophene rings is 1. The number of halogens is 1. The van der Waals surface area contributed by atoms with Gasteiger partial charge in [0.25, 0.3) is 15.9 Å². The van der Waals surface area contributed by atoms with Crippen molar-refractivity contribution in [1.29, 1.82) is 0 Å². The predicted octanol–water partition coefficient (Wildman–Crippen LogP) is 3.14. The standard InChI is InChI=1S/C18H24BrN3O4S2/c1-18(2,3)20-28(24,25)16-7-5-14(26-16)17(23)22-10-8-21(9-11-22)12-13-4-6-15(19)27-13/h4-7,20H,8-12H2,1-3H3. The number of rotatable bonds is 5. The van der Waals surface area contributed by atoms with E-state index >= 15 is 0 Å². The maximum absolute atomic E-state index is 12.7. The molecule has 10 heteroatoms. The van der Waals surface area contributed by atoms with Crippen LogP contribution in [0.15, 0.2) is 37.6 Å². The van der Waals surface area contributed by atoms with Gasteiger partial charge in [0.2, 0.25) is 5.09 Å². The first-order valence-electron chi connectivity index (χ1n) is 8.93. The third-order valence-electron chi connectivity index (χ3n) is 4.17. The Morgan fingerprint density at radius 1 is 1.18 bits per heavy atom. The lowest BCUT2D eigenvalue weighted by Crippen LogP contribution is -2.48. The van der Waals surface area contributed by atoms with Crippen LogP contribution < -0.4 is 4.72 Å². The first-order valence-corrected chi connectivity index (χ1v) is 12.0. The quantitative estimate of drug-likeness (QED) is 0.697.